The van der Waals surface area contributed by atoms with Crippen molar-refractivity contribution in [3.63, 3.8) is 0 Å². The molecule has 0 bridgehead atoms. The molecule has 0 saturated heterocycles. The van der Waals surface area contributed by atoms with E-state index in [9.17, 15) is 0 Å². The van der Waals surface area contributed by atoms with Gasteiger partial charge in [0.15, 0.2) is 0 Å². The number of hydrogen-bond acceptors (Lipinski definition) is 5. The van der Waals surface area contributed by atoms with Gasteiger partial charge in [0.25, 0.3) is 0 Å². The van der Waals surface area contributed by atoms with Crippen LogP contribution in [0.1, 0.15) is 6.92 Å². The summed E-state index contributed by atoms with van der Waals surface area (Å²) in [5, 5.41) is 3.39. The zero-order valence-electron chi connectivity index (χ0n) is 13.0. The standard InChI is InChI=1S/C14H14BrN3S.C2H6O/c1-4-6-10(5-2)9(3)18-14-13-11(16-8-17-14)7-12(15)19-13;1-3-2/h4-9H,1-2H2,3H3,(H,16,17,18);1-2H3/b10-6+;. The summed E-state index contributed by atoms with van der Waals surface area (Å²) in [6.07, 6.45) is 7.09. The third-order valence-electron chi connectivity index (χ3n) is 2.68. The van der Waals surface area contributed by atoms with Crippen molar-refractivity contribution >= 4 is 43.3 Å². The van der Waals surface area contributed by atoms with Gasteiger partial charge in [-0.05, 0) is 34.5 Å². The Kier molecular flexibility index (Phi) is 8.01. The van der Waals surface area contributed by atoms with E-state index >= 15 is 0 Å². The summed E-state index contributed by atoms with van der Waals surface area (Å²) in [5.74, 6) is 0.838. The van der Waals surface area contributed by atoms with Crippen molar-refractivity contribution < 1.29 is 4.74 Å². The van der Waals surface area contributed by atoms with Crippen molar-refractivity contribution in [1.29, 1.82) is 0 Å². The molecule has 0 amide bonds. The second kappa shape index (κ2) is 9.50. The van der Waals surface area contributed by atoms with Crippen LogP contribution in [-0.4, -0.2) is 30.2 Å². The molecule has 0 radical (unpaired) electrons. The Morgan fingerprint density at radius 3 is 2.68 bits per heavy atom. The molecule has 1 unspecified atom stereocenters. The fourth-order valence-electron chi connectivity index (χ4n) is 1.74. The van der Waals surface area contributed by atoms with E-state index in [-0.39, 0.29) is 6.04 Å². The number of hydrogen-bond donors (Lipinski definition) is 1. The molecule has 2 rings (SSSR count). The Hall–Kier alpha value is -1.50. The van der Waals surface area contributed by atoms with Crippen LogP contribution in [0.4, 0.5) is 5.82 Å². The maximum atomic E-state index is 4.32. The number of fused-ring (bicyclic) bond motifs is 1. The van der Waals surface area contributed by atoms with E-state index < -0.39 is 0 Å². The largest absolute Gasteiger partial charge is 0.388 e. The summed E-state index contributed by atoms with van der Waals surface area (Å²) in [6, 6.07) is 2.10. The highest BCUT2D eigenvalue weighted by Gasteiger charge is 2.11. The molecule has 0 saturated carbocycles. The van der Waals surface area contributed by atoms with Gasteiger partial charge in [0, 0.05) is 20.3 Å². The fourth-order valence-corrected chi connectivity index (χ4v) is 3.23. The molecule has 4 nitrogen and oxygen atoms in total. The zero-order chi connectivity index (χ0) is 16.5. The molecule has 6 heteroatoms. The Morgan fingerprint density at radius 2 is 2.09 bits per heavy atom. The van der Waals surface area contributed by atoms with E-state index in [1.54, 1.807) is 38.0 Å². The van der Waals surface area contributed by atoms with E-state index in [1.165, 1.54) is 0 Å². The van der Waals surface area contributed by atoms with Gasteiger partial charge < -0.3 is 10.1 Å². The molecule has 1 N–H and O–H groups in total. The summed E-state index contributed by atoms with van der Waals surface area (Å²) in [4.78, 5) is 8.57. The number of allylic oxidation sites excluding steroid dienone is 2. The van der Waals surface area contributed by atoms with Gasteiger partial charge in [-0.2, -0.15) is 0 Å². The van der Waals surface area contributed by atoms with Gasteiger partial charge >= 0.3 is 0 Å². The minimum absolute atomic E-state index is 0.106. The highest BCUT2D eigenvalue weighted by atomic mass is 79.9. The van der Waals surface area contributed by atoms with Crippen molar-refractivity contribution in [1.82, 2.24) is 9.97 Å². The van der Waals surface area contributed by atoms with Gasteiger partial charge in [0.2, 0.25) is 0 Å². The van der Waals surface area contributed by atoms with E-state index in [1.807, 2.05) is 18.2 Å². The Morgan fingerprint density at radius 1 is 1.41 bits per heavy atom. The van der Waals surface area contributed by atoms with Crippen molar-refractivity contribution in [2.45, 2.75) is 13.0 Å². The lowest BCUT2D eigenvalue weighted by molar-refractivity contribution is 0.277. The lowest BCUT2D eigenvalue weighted by Gasteiger charge is -2.15. The highest BCUT2D eigenvalue weighted by molar-refractivity contribution is 9.11. The van der Waals surface area contributed by atoms with Crippen LogP contribution in [-0.2, 0) is 4.74 Å². The molecule has 0 aromatic carbocycles. The second-order valence-electron chi connectivity index (χ2n) is 4.37. The third kappa shape index (κ3) is 5.05. The van der Waals surface area contributed by atoms with Gasteiger partial charge in [-0.3, -0.25) is 0 Å². The normalized spacial score (nSPS) is 12.3. The van der Waals surface area contributed by atoms with Crippen LogP contribution in [0.15, 0.2) is 53.1 Å². The first-order chi connectivity index (χ1) is 10.6. The second-order valence-corrected chi connectivity index (χ2v) is 6.80. The number of rotatable bonds is 5. The maximum absolute atomic E-state index is 4.32. The number of nitrogens with one attached hydrogen (secondary N) is 1. The van der Waals surface area contributed by atoms with Crippen molar-refractivity contribution in [3.05, 3.63) is 53.1 Å². The first kappa shape index (κ1) is 18.5. The average molecular weight is 382 g/mol. The molecular formula is C16H20BrN3OS. The van der Waals surface area contributed by atoms with E-state index in [2.05, 4.69) is 56.0 Å². The molecule has 0 aliphatic rings. The molecule has 22 heavy (non-hydrogen) atoms. The van der Waals surface area contributed by atoms with Gasteiger partial charge in [-0.1, -0.05) is 31.4 Å². The quantitative estimate of drug-likeness (QED) is 0.754. The van der Waals surface area contributed by atoms with Crippen molar-refractivity contribution in [2.75, 3.05) is 19.5 Å². The minimum Gasteiger partial charge on any atom is -0.388 e. The van der Waals surface area contributed by atoms with E-state index in [0.717, 1.165) is 25.4 Å². The molecule has 1 atom stereocenters. The SMILES string of the molecule is C=C/C=C(\C=C)C(C)Nc1ncnc2cc(Br)sc12.COC. The molecular weight excluding hydrogens is 362 g/mol. The first-order valence-electron chi connectivity index (χ1n) is 6.59. The molecule has 0 spiro atoms. The number of anilines is 1. The number of halogens is 1. The van der Waals surface area contributed by atoms with E-state index in [0.29, 0.717) is 0 Å². The summed E-state index contributed by atoms with van der Waals surface area (Å²) in [7, 11) is 3.25. The molecule has 0 aliphatic heterocycles. The molecule has 2 aromatic heterocycles. The molecule has 2 heterocycles. The number of nitrogens with zero attached hydrogens (tertiary/aromatic N) is 2. The summed E-state index contributed by atoms with van der Waals surface area (Å²) in [5.41, 5.74) is 2.01. The third-order valence-corrected chi connectivity index (χ3v) is 4.31. The smallest absolute Gasteiger partial charge is 0.147 e. The monoisotopic (exact) mass is 381 g/mol. The van der Waals surface area contributed by atoms with Crippen molar-refractivity contribution in [3.8, 4) is 0 Å². The van der Waals surface area contributed by atoms with Gasteiger partial charge in [0.1, 0.15) is 12.1 Å². The Labute approximate surface area is 143 Å². The van der Waals surface area contributed by atoms with Gasteiger partial charge in [-0.25, -0.2) is 9.97 Å². The lowest BCUT2D eigenvalue weighted by Crippen LogP contribution is -2.17. The average Bonchev–Trinajstić information content (AvgIpc) is 2.87. The number of methoxy groups -OCH3 is 1. The number of aromatic nitrogens is 2. The topological polar surface area (TPSA) is 47.0 Å². The van der Waals surface area contributed by atoms with Gasteiger partial charge in [0.05, 0.1) is 14.0 Å². The summed E-state index contributed by atoms with van der Waals surface area (Å²) < 4.78 is 6.34. The van der Waals surface area contributed by atoms with E-state index in [4.69, 9.17) is 0 Å². The summed E-state index contributed by atoms with van der Waals surface area (Å²) in [6.45, 7) is 9.59. The first-order valence-corrected chi connectivity index (χ1v) is 8.20. The van der Waals surface area contributed by atoms with Crippen LogP contribution in [0.25, 0.3) is 10.2 Å². The molecule has 118 valence electrons. The van der Waals surface area contributed by atoms with Crippen LogP contribution >= 0.6 is 27.3 Å². The fraction of sp³-hybridized carbons (Fsp3) is 0.250. The van der Waals surface area contributed by atoms with Crippen LogP contribution in [0, 0.1) is 0 Å². The highest BCUT2D eigenvalue weighted by Crippen LogP contribution is 2.32. The van der Waals surface area contributed by atoms with Crippen molar-refractivity contribution in [2.24, 2.45) is 0 Å². The number of ether oxygens (including phenoxy) is 1. The minimum atomic E-state index is 0.106. The molecule has 0 aliphatic carbocycles. The zero-order valence-corrected chi connectivity index (χ0v) is 15.4. The van der Waals surface area contributed by atoms with Crippen LogP contribution in [0.2, 0.25) is 0 Å². The number of thiophene rings is 1. The van der Waals surface area contributed by atoms with Crippen LogP contribution in [0.5, 0.6) is 0 Å². The summed E-state index contributed by atoms with van der Waals surface area (Å²) >= 11 is 5.09. The Bertz CT molecular complexity index is 666. The predicted octanol–water partition coefficient (Wildman–Crippen LogP) is 4.82. The lowest BCUT2D eigenvalue weighted by atomic mass is 10.1. The van der Waals surface area contributed by atoms with Gasteiger partial charge in [-0.15, -0.1) is 11.3 Å². The Balaban J connectivity index is 0.000000745. The molecule has 2 aromatic rings. The predicted molar refractivity (Wildman–Crippen MR) is 99.6 cm³/mol. The van der Waals surface area contributed by atoms with Crippen LogP contribution < -0.4 is 5.32 Å². The molecule has 0 fully saturated rings. The van der Waals surface area contributed by atoms with Crippen LogP contribution in [0.3, 0.4) is 0 Å². The maximum Gasteiger partial charge on any atom is 0.147 e.